The summed E-state index contributed by atoms with van der Waals surface area (Å²) in [6.07, 6.45) is 3.23. The van der Waals surface area contributed by atoms with E-state index in [2.05, 4.69) is 4.98 Å². The van der Waals surface area contributed by atoms with Gasteiger partial charge in [-0.2, -0.15) is 0 Å². The summed E-state index contributed by atoms with van der Waals surface area (Å²) in [7, 11) is 0. The predicted octanol–water partition coefficient (Wildman–Crippen LogP) is 4.45. The highest BCUT2D eigenvalue weighted by Crippen LogP contribution is 2.41. The molecule has 2 nitrogen and oxygen atoms in total. The van der Waals surface area contributed by atoms with Gasteiger partial charge in [0.2, 0.25) is 0 Å². The third kappa shape index (κ3) is 2.05. The van der Waals surface area contributed by atoms with Crippen molar-refractivity contribution in [1.82, 2.24) is 4.98 Å². The maximum absolute atomic E-state index is 6.27. The first kappa shape index (κ1) is 12.4. The lowest BCUT2D eigenvalue weighted by Crippen LogP contribution is -2.43. The van der Waals surface area contributed by atoms with Gasteiger partial charge in [0.25, 0.3) is 0 Å². The third-order valence-corrected chi connectivity index (χ3v) is 4.99. The van der Waals surface area contributed by atoms with Crippen LogP contribution in [0.3, 0.4) is 0 Å². The summed E-state index contributed by atoms with van der Waals surface area (Å²) in [5, 5.41) is 4.28. The van der Waals surface area contributed by atoms with Crippen molar-refractivity contribution in [3.05, 3.63) is 38.6 Å². The van der Waals surface area contributed by atoms with Crippen molar-refractivity contribution in [3.63, 3.8) is 0 Å². The molecule has 0 aliphatic heterocycles. The minimum Gasteiger partial charge on any atom is -0.319 e. The average molecular weight is 299 g/mol. The SMILES string of the molecule is NC1(c2nc(-c3ccc(Cl)cc3Cl)cs2)CCC1. The Balaban J connectivity index is 1.97. The molecule has 1 aromatic heterocycles. The molecule has 2 aromatic rings. The fourth-order valence-corrected chi connectivity index (χ4v) is 3.59. The average Bonchev–Trinajstić information content (AvgIpc) is 2.75. The van der Waals surface area contributed by atoms with Crippen LogP contribution in [0.2, 0.25) is 10.0 Å². The lowest BCUT2D eigenvalue weighted by atomic mass is 9.78. The second kappa shape index (κ2) is 4.49. The molecule has 1 aromatic carbocycles. The Hall–Kier alpha value is -0.610. The van der Waals surface area contributed by atoms with Crippen LogP contribution in [0.5, 0.6) is 0 Å². The van der Waals surface area contributed by atoms with Crippen LogP contribution in [-0.2, 0) is 5.54 Å². The Morgan fingerprint density at radius 2 is 2.06 bits per heavy atom. The molecule has 18 heavy (non-hydrogen) atoms. The number of nitrogens with zero attached hydrogens (tertiary/aromatic N) is 1. The Morgan fingerprint density at radius 3 is 2.67 bits per heavy atom. The zero-order valence-electron chi connectivity index (χ0n) is 9.62. The zero-order valence-corrected chi connectivity index (χ0v) is 11.9. The second-order valence-corrected chi connectivity index (χ2v) is 6.37. The van der Waals surface area contributed by atoms with Crippen LogP contribution in [-0.4, -0.2) is 4.98 Å². The number of hydrogen-bond donors (Lipinski definition) is 1. The van der Waals surface area contributed by atoms with Gasteiger partial charge in [0.1, 0.15) is 5.01 Å². The summed E-state index contributed by atoms with van der Waals surface area (Å²) < 4.78 is 0. The Kier molecular flexibility index (Phi) is 3.10. The molecule has 94 valence electrons. The van der Waals surface area contributed by atoms with Crippen LogP contribution in [0.1, 0.15) is 24.3 Å². The van der Waals surface area contributed by atoms with Gasteiger partial charge in [-0.05, 0) is 37.5 Å². The molecule has 0 atom stereocenters. The maximum Gasteiger partial charge on any atom is 0.113 e. The molecule has 0 unspecified atom stereocenters. The van der Waals surface area contributed by atoms with Gasteiger partial charge in [-0.3, -0.25) is 0 Å². The van der Waals surface area contributed by atoms with E-state index in [0.29, 0.717) is 10.0 Å². The number of benzene rings is 1. The highest BCUT2D eigenvalue weighted by Gasteiger charge is 2.37. The first-order valence-electron chi connectivity index (χ1n) is 5.79. The van der Waals surface area contributed by atoms with Crippen LogP contribution < -0.4 is 5.73 Å². The number of thiazole rings is 1. The van der Waals surface area contributed by atoms with Gasteiger partial charge in [-0.15, -0.1) is 11.3 Å². The maximum atomic E-state index is 6.27. The Labute approximate surface area is 120 Å². The molecule has 0 amide bonds. The minimum absolute atomic E-state index is 0.207. The van der Waals surface area contributed by atoms with E-state index in [4.69, 9.17) is 28.9 Å². The van der Waals surface area contributed by atoms with Gasteiger partial charge in [-0.25, -0.2) is 4.98 Å². The van der Waals surface area contributed by atoms with Crippen molar-refractivity contribution in [2.24, 2.45) is 5.73 Å². The van der Waals surface area contributed by atoms with Gasteiger partial charge < -0.3 is 5.73 Å². The molecule has 1 heterocycles. The number of nitrogens with two attached hydrogens (primary N) is 1. The van der Waals surface area contributed by atoms with Gasteiger partial charge in [-0.1, -0.05) is 23.2 Å². The van der Waals surface area contributed by atoms with E-state index < -0.39 is 0 Å². The molecule has 1 aliphatic rings. The van der Waals surface area contributed by atoms with Crippen molar-refractivity contribution >= 4 is 34.5 Å². The van der Waals surface area contributed by atoms with Crippen molar-refractivity contribution in [3.8, 4) is 11.3 Å². The van der Waals surface area contributed by atoms with E-state index in [1.807, 2.05) is 17.5 Å². The smallest absolute Gasteiger partial charge is 0.113 e. The van der Waals surface area contributed by atoms with Crippen LogP contribution in [0.25, 0.3) is 11.3 Å². The molecule has 0 bridgehead atoms. The second-order valence-electron chi connectivity index (χ2n) is 4.67. The Morgan fingerprint density at radius 1 is 1.28 bits per heavy atom. The highest BCUT2D eigenvalue weighted by molar-refractivity contribution is 7.10. The van der Waals surface area contributed by atoms with Crippen molar-refractivity contribution in [1.29, 1.82) is 0 Å². The first-order valence-corrected chi connectivity index (χ1v) is 7.42. The van der Waals surface area contributed by atoms with Crippen LogP contribution >= 0.6 is 34.5 Å². The molecule has 1 saturated carbocycles. The van der Waals surface area contributed by atoms with Gasteiger partial charge >= 0.3 is 0 Å². The molecule has 0 saturated heterocycles. The zero-order chi connectivity index (χ0) is 12.8. The van der Waals surface area contributed by atoms with E-state index in [-0.39, 0.29) is 5.54 Å². The quantitative estimate of drug-likeness (QED) is 0.889. The van der Waals surface area contributed by atoms with E-state index in [9.17, 15) is 0 Å². The third-order valence-electron chi connectivity index (χ3n) is 3.38. The van der Waals surface area contributed by atoms with Crippen LogP contribution in [0.4, 0.5) is 0 Å². The summed E-state index contributed by atoms with van der Waals surface area (Å²) in [6, 6.07) is 5.45. The molecule has 1 aliphatic carbocycles. The summed E-state index contributed by atoms with van der Waals surface area (Å²) >= 11 is 13.7. The van der Waals surface area contributed by atoms with Crippen molar-refractivity contribution in [2.45, 2.75) is 24.8 Å². The normalized spacial score (nSPS) is 17.5. The molecule has 2 N–H and O–H groups in total. The summed E-state index contributed by atoms with van der Waals surface area (Å²) in [5.41, 5.74) is 7.86. The standard InChI is InChI=1S/C13H12Cl2N2S/c14-8-2-3-9(10(15)6-8)11-7-18-12(17-11)13(16)4-1-5-13/h2-3,6-7H,1,4-5,16H2. The lowest BCUT2D eigenvalue weighted by Gasteiger charge is -2.35. The van der Waals surface area contributed by atoms with E-state index in [1.165, 1.54) is 6.42 Å². The number of hydrogen-bond acceptors (Lipinski definition) is 3. The largest absolute Gasteiger partial charge is 0.319 e. The molecular formula is C13H12Cl2N2S. The van der Waals surface area contributed by atoms with Crippen LogP contribution in [0.15, 0.2) is 23.6 Å². The number of halogens is 2. The molecule has 5 heteroatoms. The minimum atomic E-state index is -0.207. The highest BCUT2D eigenvalue weighted by atomic mass is 35.5. The molecule has 0 spiro atoms. The van der Waals surface area contributed by atoms with Crippen LogP contribution in [0, 0.1) is 0 Å². The number of rotatable bonds is 2. The topological polar surface area (TPSA) is 38.9 Å². The van der Waals surface area contributed by atoms with E-state index >= 15 is 0 Å². The lowest BCUT2D eigenvalue weighted by molar-refractivity contribution is 0.253. The molecule has 1 fully saturated rings. The van der Waals surface area contributed by atoms with E-state index in [0.717, 1.165) is 29.1 Å². The predicted molar refractivity (Wildman–Crippen MR) is 77.3 cm³/mol. The molecule has 0 radical (unpaired) electrons. The summed E-state index contributed by atoms with van der Waals surface area (Å²) in [5.74, 6) is 0. The molecular weight excluding hydrogens is 287 g/mol. The van der Waals surface area contributed by atoms with E-state index in [1.54, 1.807) is 17.4 Å². The van der Waals surface area contributed by atoms with Gasteiger partial charge in [0.05, 0.1) is 16.3 Å². The van der Waals surface area contributed by atoms with Gasteiger partial charge in [0, 0.05) is 16.0 Å². The summed E-state index contributed by atoms with van der Waals surface area (Å²) in [6.45, 7) is 0. The molecule has 3 rings (SSSR count). The number of aromatic nitrogens is 1. The fraction of sp³-hybridized carbons (Fsp3) is 0.308. The Bertz CT molecular complexity index is 590. The monoisotopic (exact) mass is 298 g/mol. The first-order chi connectivity index (χ1) is 8.58. The van der Waals surface area contributed by atoms with Crippen molar-refractivity contribution in [2.75, 3.05) is 0 Å². The summed E-state index contributed by atoms with van der Waals surface area (Å²) in [4.78, 5) is 4.63. The van der Waals surface area contributed by atoms with Crippen molar-refractivity contribution < 1.29 is 0 Å². The fourth-order valence-electron chi connectivity index (χ4n) is 2.09. The van der Waals surface area contributed by atoms with Gasteiger partial charge in [0.15, 0.2) is 0 Å².